The van der Waals surface area contributed by atoms with Gasteiger partial charge < -0.3 is 5.11 Å². The molecule has 0 spiro atoms. The summed E-state index contributed by atoms with van der Waals surface area (Å²) in [5, 5.41) is 18.7. The first kappa shape index (κ1) is 11.8. The second-order valence-electron chi connectivity index (χ2n) is 3.75. The summed E-state index contributed by atoms with van der Waals surface area (Å²) in [6.45, 7) is 0.228. The van der Waals surface area contributed by atoms with Crippen LogP contribution in [-0.4, -0.2) is 11.7 Å². The van der Waals surface area contributed by atoms with Crippen LogP contribution in [0.2, 0.25) is 0 Å². The van der Waals surface area contributed by atoms with Gasteiger partial charge in [-0.2, -0.15) is 5.26 Å². The van der Waals surface area contributed by atoms with E-state index in [4.69, 9.17) is 10.4 Å². The third-order valence-corrected chi connectivity index (χ3v) is 3.54. The molecule has 86 valence electrons. The maximum atomic E-state index is 8.89. The lowest BCUT2D eigenvalue weighted by Gasteiger charge is -1.96. The van der Waals surface area contributed by atoms with Gasteiger partial charge >= 0.3 is 0 Å². The average Bonchev–Trinajstić information content (AvgIpc) is 2.78. The van der Waals surface area contributed by atoms with Gasteiger partial charge in [0.25, 0.3) is 0 Å². The Morgan fingerprint density at radius 3 is 3.06 bits per heavy atom. The van der Waals surface area contributed by atoms with E-state index in [1.54, 1.807) is 0 Å². The molecule has 0 radical (unpaired) electrons. The van der Waals surface area contributed by atoms with Crippen molar-refractivity contribution in [2.45, 2.75) is 12.8 Å². The molecular weight excluding hydrogens is 230 g/mol. The minimum absolute atomic E-state index is 0.228. The van der Waals surface area contributed by atoms with Crippen molar-refractivity contribution in [3.05, 3.63) is 40.8 Å². The van der Waals surface area contributed by atoms with Crippen molar-refractivity contribution in [2.75, 3.05) is 6.61 Å². The Balaban J connectivity index is 2.31. The number of nitriles is 1. The molecule has 0 aliphatic rings. The van der Waals surface area contributed by atoms with Crippen molar-refractivity contribution in [3.63, 3.8) is 0 Å². The fourth-order valence-electron chi connectivity index (χ4n) is 1.70. The minimum Gasteiger partial charge on any atom is -0.396 e. The van der Waals surface area contributed by atoms with Crippen LogP contribution in [-0.2, 0) is 0 Å². The molecule has 2 aromatic rings. The van der Waals surface area contributed by atoms with Gasteiger partial charge in [-0.3, -0.25) is 0 Å². The predicted octanol–water partition coefficient (Wildman–Crippen LogP) is 3.56. The highest BCUT2D eigenvalue weighted by molar-refractivity contribution is 7.19. The van der Waals surface area contributed by atoms with Gasteiger partial charge in [-0.25, -0.2) is 0 Å². The number of aliphatic hydroxyl groups excluding tert-OH is 1. The Labute approximate surface area is 104 Å². The highest BCUT2D eigenvalue weighted by Gasteiger charge is 2.03. The molecule has 0 aliphatic carbocycles. The standard InChI is InChI=1S/C14H13NOS/c15-10-12-9-13-11(5-2-1-3-8-16)6-4-7-14(13)17-12/h2,4-7,9,16H,1,3,8H2. The summed E-state index contributed by atoms with van der Waals surface area (Å²) in [5.41, 5.74) is 1.14. The summed E-state index contributed by atoms with van der Waals surface area (Å²) in [4.78, 5) is 0.746. The van der Waals surface area contributed by atoms with Crippen LogP contribution in [0.3, 0.4) is 0 Å². The monoisotopic (exact) mass is 243 g/mol. The van der Waals surface area contributed by atoms with Gasteiger partial charge in [0.1, 0.15) is 10.9 Å². The van der Waals surface area contributed by atoms with E-state index in [0.29, 0.717) is 0 Å². The van der Waals surface area contributed by atoms with E-state index in [9.17, 15) is 0 Å². The van der Waals surface area contributed by atoms with Crippen LogP contribution >= 0.6 is 11.3 Å². The molecular formula is C14H13NOS. The van der Waals surface area contributed by atoms with Crippen molar-refractivity contribution in [1.82, 2.24) is 0 Å². The van der Waals surface area contributed by atoms with Crippen LogP contribution in [0.5, 0.6) is 0 Å². The normalized spacial score (nSPS) is 11.1. The number of allylic oxidation sites excluding steroid dienone is 1. The fraction of sp³-hybridized carbons (Fsp3) is 0.214. The maximum absolute atomic E-state index is 8.89. The summed E-state index contributed by atoms with van der Waals surface area (Å²) in [6.07, 6.45) is 5.79. The second-order valence-corrected chi connectivity index (χ2v) is 4.83. The van der Waals surface area contributed by atoms with E-state index in [1.807, 2.05) is 24.3 Å². The number of nitrogens with zero attached hydrogens (tertiary/aromatic N) is 1. The molecule has 1 N–H and O–H groups in total. The largest absolute Gasteiger partial charge is 0.396 e. The van der Waals surface area contributed by atoms with Crippen LogP contribution in [0.1, 0.15) is 23.3 Å². The quantitative estimate of drug-likeness (QED) is 0.834. The zero-order valence-corrected chi connectivity index (χ0v) is 10.2. The summed E-state index contributed by atoms with van der Waals surface area (Å²) in [7, 11) is 0. The maximum Gasteiger partial charge on any atom is 0.110 e. The summed E-state index contributed by atoms with van der Waals surface area (Å²) in [5.74, 6) is 0. The Morgan fingerprint density at radius 1 is 1.41 bits per heavy atom. The Morgan fingerprint density at radius 2 is 2.29 bits per heavy atom. The molecule has 0 saturated heterocycles. The topological polar surface area (TPSA) is 44.0 Å². The molecule has 1 aromatic carbocycles. The van der Waals surface area contributed by atoms with Gasteiger partial charge in [0.05, 0.1) is 0 Å². The van der Waals surface area contributed by atoms with E-state index in [0.717, 1.165) is 33.4 Å². The van der Waals surface area contributed by atoms with Crippen molar-refractivity contribution >= 4 is 27.5 Å². The number of rotatable bonds is 4. The smallest absolute Gasteiger partial charge is 0.110 e. The first-order valence-electron chi connectivity index (χ1n) is 5.55. The number of aliphatic hydroxyl groups is 1. The van der Waals surface area contributed by atoms with Crippen molar-refractivity contribution in [2.24, 2.45) is 0 Å². The van der Waals surface area contributed by atoms with E-state index in [-0.39, 0.29) is 6.61 Å². The molecule has 1 aromatic heterocycles. The number of fused-ring (bicyclic) bond motifs is 1. The molecule has 0 atom stereocenters. The third kappa shape index (κ3) is 2.73. The van der Waals surface area contributed by atoms with Gasteiger partial charge in [-0.15, -0.1) is 11.3 Å². The zero-order chi connectivity index (χ0) is 12.1. The number of benzene rings is 1. The first-order chi connectivity index (χ1) is 8.35. The lowest BCUT2D eigenvalue weighted by molar-refractivity contribution is 0.290. The lowest BCUT2D eigenvalue weighted by Crippen LogP contribution is -1.78. The second kappa shape index (κ2) is 5.62. The number of thiophene rings is 1. The van der Waals surface area contributed by atoms with Crippen LogP contribution < -0.4 is 0 Å². The first-order valence-corrected chi connectivity index (χ1v) is 6.37. The fourth-order valence-corrected chi connectivity index (χ4v) is 2.60. The Hall–Kier alpha value is -1.63. The summed E-state index contributed by atoms with van der Waals surface area (Å²) < 4.78 is 1.14. The Bertz CT molecular complexity index is 577. The Kier molecular flexibility index (Phi) is 3.92. The van der Waals surface area contributed by atoms with E-state index in [1.165, 1.54) is 11.3 Å². The molecule has 17 heavy (non-hydrogen) atoms. The van der Waals surface area contributed by atoms with Gasteiger partial charge in [0.15, 0.2) is 0 Å². The van der Waals surface area contributed by atoms with Crippen LogP contribution in [0.15, 0.2) is 30.3 Å². The van der Waals surface area contributed by atoms with Gasteiger partial charge in [-0.05, 0) is 30.5 Å². The molecule has 0 saturated carbocycles. The number of unbranched alkanes of at least 4 members (excludes halogenated alkanes) is 1. The molecule has 2 nitrogen and oxygen atoms in total. The van der Waals surface area contributed by atoms with Crippen LogP contribution in [0.25, 0.3) is 16.2 Å². The molecule has 0 fully saturated rings. The average molecular weight is 243 g/mol. The molecule has 3 heteroatoms. The van der Waals surface area contributed by atoms with E-state index >= 15 is 0 Å². The minimum atomic E-state index is 0.228. The lowest BCUT2D eigenvalue weighted by atomic mass is 10.1. The van der Waals surface area contributed by atoms with Crippen molar-refractivity contribution in [1.29, 1.82) is 5.26 Å². The predicted molar refractivity (Wildman–Crippen MR) is 71.9 cm³/mol. The molecule has 0 amide bonds. The highest BCUT2D eigenvalue weighted by atomic mass is 32.1. The van der Waals surface area contributed by atoms with Gasteiger partial charge in [-0.1, -0.05) is 24.3 Å². The molecule has 1 heterocycles. The van der Waals surface area contributed by atoms with Crippen molar-refractivity contribution < 1.29 is 5.11 Å². The summed E-state index contributed by atoms with van der Waals surface area (Å²) in [6, 6.07) is 10.2. The van der Waals surface area contributed by atoms with Crippen molar-refractivity contribution in [3.8, 4) is 6.07 Å². The van der Waals surface area contributed by atoms with E-state index in [2.05, 4.69) is 18.2 Å². The highest BCUT2D eigenvalue weighted by Crippen LogP contribution is 2.28. The molecule has 0 bridgehead atoms. The van der Waals surface area contributed by atoms with Crippen LogP contribution in [0, 0.1) is 11.3 Å². The number of hydrogen-bond acceptors (Lipinski definition) is 3. The van der Waals surface area contributed by atoms with E-state index < -0.39 is 0 Å². The third-order valence-electron chi connectivity index (χ3n) is 2.53. The summed E-state index contributed by atoms with van der Waals surface area (Å²) >= 11 is 1.52. The molecule has 0 aliphatic heterocycles. The molecule has 0 unspecified atom stereocenters. The van der Waals surface area contributed by atoms with Crippen LogP contribution in [0.4, 0.5) is 0 Å². The number of hydrogen-bond donors (Lipinski definition) is 1. The molecule has 2 rings (SSSR count). The SMILES string of the molecule is N#Cc1cc2c(C=CCCCO)cccc2s1. The van der Waals surface area contributed by atoms with Gasteiger partial charge in [0.2, 0.25) is 0 Å². The van der Waals surface area contributed by atoms with Gasteiger partial charge in [0, 0.05) is 16.7 Å². The zero-order valence-electron chi connectivity index (χ0n) is 9.39.